The number of amides is 3. The number of imide groups is 1. The van der Waals surface area contributed by atoms with Gasteiger partial charge in [0.25, 0.3) is 5.91 Å². The van der Waals surface area contributed by atoms with Gasteiger partial charge in [0.05, 0.1) is 37.8 Å². The molecule has 6 fully saturated rings. The third-order valence-corrected chi connectivity index (χ3v) is 9.34. The van der Waals surface area contributed by atoms with E-state index in [4.69, 9.17) is 9.47 Å². The maximum Gasteiger partial charge on any atom is 0.257 e. The zero-order chi connectivity index (χ0) is 24.9. The van der Waals surface area contributed by atoms with Crippen molar-refractivity contribution in [3.63, 3.8) is 0 Å². The molecular formula is C28H37N3O5. The Bertz CT molecular complexity index is 983. The molecular weight excluding hydrogens is 458 g/mol. The van der Waals surface area contributed by atoms with E-state index >= 15 is 0 Å². The van der Waals surface area contributed by atoms with E-state index in [2.05, 4.69) is 4.90 Å². The summed E-state index contributed by atoms with van der Waals surface area (Å²) >= 11 is 0. The fraction of sp³-hybridized carbons (Fsp3) is 0.679. The van der Waals surface area contributed by atoms with Crippen molar-refractivity contribution in [3.8, 4) is 5.75 Å². The second-order valence-corrected chi connectivity index (χ2v) is 11.6. The van der Waals surface area contributed by atoms with Gasteiger partial charge in [-0.15, -0.1) is 0 Å². The van der Waals surface area contributed by atoms with E-state index in [0.29, 0.717) is 55.5 Å². The Balaban J connectivity index is 1.26. The Morgan fingerprint density at radius 2 is 1.64 bits per heavy atom. The van der Waals surface area contributed by atoms with Gasteiger partial charge in [-0.05, 0) is 80.5 Å². The normalized spacial score (nSPS) is 33.9. The van der Waals surface area contributed by atoms with Gasteiger partial charge in [0.1, 0.15) is 11.8 Å². The molecule has 0 radical (unpaired) electrons. The maximum atomic E-state index is 14.4. The molecule has 1 aromatic carbocycles. The Morgan fingerprint density at radius 3 is 2.22 bits per heavy atom. The SMILES string of the molecule is COc1ccc(N2C(=O)CC(N(CCN3CCOCC3)C(=O)C34CC5CC(CC(C5)C3)C4)C2=O)cc1. The van der Waals surface area contributed by atoms with Gasteiger partial charge in [0.15, 0.2) is 0 Å². The fourth-order valence-corrected chi connectivity index (χ4v) is 8.01. The largest absolute Gasteiger partial charge is 0.497 e. The molecule has 194 valence electrons. The molecule has 8 heteroatoms. The summed E-state index contributed by atoms with van der Waals surface area (Å²) in [5, 5.41) is 0. The minimum absolute atomic E-state index is 0.0477. The van der Waals surface area contributed by atoms with Crippen LogP contribution in [-0.4, -0.2) is 80.1 Å². The zero-order valence-electron chi connectivity index (χ0n) is 21.2. The number of benzene rings is 1. The highest BCUT2D eigenvalue weighted by atomic mass is 16.5. The Kier molecular flexibility index (Phi) is 6.28. The second-order valence-electron chi connectivity index (χ2n) is 11.6. The molecule has 0 aromatic heterocycles. The summed E-state index contributed by atoms with van der Waals surface area (Å²) in [6.45, 7) is 4.20. The van der Waals surface area contributed by atoms with Gasteiger partial charge in [0, 0.05) is 26.2 Å². The molecule has 1 atom stereocenters. The number of anilines is 1. The van der Waals surface area contributed by atoms with E-state index in [9.17, 15) is 14.4 Å². The molecule has 0 N–H and O–H groups in total. The summed E-state index contributed by atoms with van der Waals surface area (Å²) in [4.78, 5) is 46.7. The van der Waals surface area contributed by atoms with Crippen molar-refractivity contribution in [2.75, 3.05) is 51.4 Å². The number of hydrogen-bond donors (Lipinski definition) is 0. The van der Waals surface area contributed by atoms with Crippen LogP contribution in [0.25, 0.3) is 0 Å². The lowest BCUT2D eigenvalue weighted by Gasteiger charge is -2.57. The number of carbonyl (C=O) groups excluding carboxylic acids is 3. The highest BCUT2D eigenvalue weighted by Gasteiger charge is 2.57. The van der Waals surface area contributed by atoms with Gasteiger partial charge in [-0.1, -0.05) is 0 Å². The summed E-state index contributed by atoms with van der Waals surface area (Å²) in [5.41, 5.74) is 0.181. The van der Waals surface area contributed by atoms with Crippen LogP contribution in [0, 0.1) is 23.2 Å². The molecule has 1 aromatic rings. The monoisotopic (exact) mass is 495 g/mol. The van der Waals surface area contributed by atoms with Crippen molar-refractivity contribution < 1.29 is 23.9 Å². The van der Waals surface area contributed by atoms with Gasteiger partial charge in [-0.2, -0.15) is 0 Å². The number of hydrogen-bond acceptors (Lipinski definition) is 6. The third kappa shape index (κ3) is 4.22. The quantitative estimate of drug-likeness (QED) is 0.542. The maximum absolute atomic E-state index is 14.4. The average molecular weight is 496 g/mol. The lowest BCUT2D eigenvalue weighted by atomic mass is 9.49. The summed E-state index contributed by atoms with van der Waals surface area (Å²) in [6.07, 6.45) is 6.66. The van der Waals surface area contributed by atoms with Crippen molar-refractivity contribution in [1.29, 1.82) is 0 Å². The molecule has 7 rings (SSSR count). The third-order valence-electron chi connectivity index (χ3n) is 9.34. The predicted molar refractivity (Wildman–Crippen MR) is 133 cm³/mol. The highest BCUT2D eigenvalue weighted by molar-refractivity contribution is 6.23. The van der Waals surface area contributed by atoms with Crippen molar-refractivity contribution >= 4 is 23.4 Å². The van der Waals surface area contributed by atoms with Crippen LogP contribution >= 0.6 is 0 Å². The lowest BCUT2D eigenvalue weighted by molar-refractivity contribution is -0.162. The highest BCUT2D eigenvalue weighted by Crippen LogP contribution is 2.60. The first-order valence-corrected chi connectivity index (χ1v) is 13.6. The summed E-state index contributed by atoms with van der Waals surface area (Å²) in [6, 6.07) is 6.23. The van der Waals surface area contributed by atoms with Crippen LogP contribution in [0.5, 0.6) is 5.75 Å². The van der Waals surface area contributed by atoms with Crippen LogP contribution < -0.4 is 9.64 Å². The van der Waals surface area contributed by atoms with Gasteiger partial charge < -0.3 is 14.4 Å². The van der Waals surface area contributed by atoms with Gasteiger partial charge in [0.2, 0.25) is 11.8 Å². The zero-order valence-corrected chi connectivity index (χ0v) is 21.2. The Hall–Kier alpha value is -2.45. The molecule has 4 saturated carbocycles. The van der Waals surface area contributed by atoms with Crippen LogP contribution in [0.4, 0.5) is 5.69 Å². The number of rotatable bonds is 7. The molecule has 36 heavy (non-hydrogen) atoms. The van der Waals surface area contributed by atoms with Gasteiger partial charge >= 0.3 is 0 Å². The van der Waals surface area contributed by atoms with Crippen LogP contribution in [0.15, 0.2) is 24.3 Å². The first kappa shape index (κ1) is 23.9. The minimum Gasteiger partial charge on any atom is -0.497 e. The van der Waals surface area contributed by atoms with Crippen molar-refractivity contribution in [1.82, 2.24) is 9.80 Å². The van der Waals surface area contributed by atoms with Crippen molar-refractivity contribution in [3.05, 3.63) is 24.3 Å². The van der Waals surface area contributed by atoms with E-state index in [1.54, 1.807) is 31.4 Å². The molecule has 1 unspecified atom stereocenters. The summed E-state index contributed by atoms with van der Waals surface area (Å²) < 4.78 is 10.7. The molecule has 2 aliphatic heterocycles. The first-order valence-electron chi connectivity index (χ1n) is 13.6. The molecule has 2 heterocycles. The Morgan fingerprint density at radius 1 is 1.03 bits per heavy atom. The Labute approximate surface area is 212 Å². The summed E-state index contributed by atoms with van der Waals surface area (Å²) in [7, 11) is 1.58. The van der Waals surface area contributed by atoms with Gasteiger partial charge in [-0.25, -0.2) is 4.90 Å². The van der Waals surface area contributed by atoms with E-state index in [1.807, 2.05) is 4.90 Å². The number of methoxy groups -OCH3 is 1. The molecule has 6 aliphatic rings. The second kappa shape index (κ2) is 9.45. The van der Waals surface area contributed by atoms with Crippen LogP contribution in [0.1, 0.15) is 44.9 Å². The number of nitrogens with zero attached hydrogens (tertiary/aromatic N) is 3. The smallest absolute Gasteiger partial charge is 0.257 e. The molecule has 8 nitrogen and oxygen atoms in total. The molecule has 2 saturated heterocycles. The van der Waals surface area contributed by atoms with E-state index in [-0.39, 0.29) is 29.6 Å². The minimum atomic E-state index is -0.735. The van der Waals surface area contributed by atoms with Crippen molar-refractivity contribution in [2.45, 2.75) is 51.0 Å². The van der Waals surface area contributed by atoms with Gasteiger partial charge in [-0.3, -0.25) is 19.3 Å². The van der Waals surface area contributed by atoms with E-state index in [1.165, 1.54) is 24.2 Å². The number of carbonyl (C=O) groups is 3. The van der Waals surface area contributed by atoms with E-state index < -0.39 is 6.04 Å². The fourth-order valence-electron chi connectivity index (χ4n) is 8.01. The van der Waals surface area contributed by atoms with Crippen LogP contribution in [-0.2, 0) is 19.1 Å². The molecule has 0 spiro atoms. The predicted octanol–water partition coefficient (Wildman–Crippen LogP) is 2.70. The molecule has 3 amide bonds. The number of ether oxygens (including phenoxy) is 2. The topological polar surface area (TPSA) is 79.4 Å². The van der Waals surface area contributed by atoms with E-state index in [0.717, 1.165) is 32.4 Å². The van der Waals surface area contributed by atoms with Crippen molar-refractivity contribution in [2.24, 2.45) is 23.2 Å². The van der Waals surface area contributed by atoms with Crippen LogP contribution in [0.2, 0.25) is 0 Å². The number of morpholine rings is 1. The lowest BCUT2D eigenvalue weighted by Crippen LogP contribution is -2.58. The van der Waals surface area contributed by atoms with Crippen LogP contribution in [0.3, 0.4) is 0 Å². The average Bonchev–Trinajstić information content (AvgIpc) is 3.17. The standard InChI is InChI=1S/C28H37N3O5/c1-35-23-4-2-22(3-5-23)31-25(32)15-24(26(31)33)30(7-6-29-8-10-36-11-9-29)27(34)28-16-19-12-20(17-28)14-21(13-19)18-28/h2-5,19-21,24H,6-18H2,1H3. The molecule has 4 aliphatic carbocycles. The molecule has 4 bridgehead atoms. The first-order chi connectivity index (χ1) is 17.5. The summed E-state index contributed by atoms with van der Waals surface area (Å²) in [5.74, 6) is 2.17.